The molecule has 0 bridgehead atoms. The Kier molecular flexibility index (Phi) is 7.78. The topological polar surface area (TPSA) is 100 Å². The molecule has 8 heteroatoms. The first-order valence-electron chi connectivity index (χ1n) is 8.52. The molecule has 0 aliphatic carbocycles. The second-order valence-electron chi connectivity index (χ2n) is 5.67. The maximum atomic E-state index is 11.9. The number of carbonyl (C=O) groups is 3. The highest BCUT2D eigenvalue weighted by Crippen LogP contribution is 2.25. The summed E-state index contributed by atoms with van der Waals surface area (Å²) in [7, 11) is 4.33. The van der Waals surface area contributed by atoms with Crippen LogP contribution < -0.4 is 14.8 Å². The zero-order valence-corrected chi connectivity index (χ0v) is 16.3. The Balaban J connectivity index is 1.88. The molecule has 1 amide bonds. The standard InChI is InChI=1S/C21H21NO7/c1-26-17-9-10-18(27-2)15(12-17)6-11-20(24)29-13-19(23)22-16-7-4-14(5-8-16)21(25)28-3/h4-12H,13H2,1-3H3,(H,22,23). The van der Waals surface area contributed by atoms with Gasteiger partial charge in [0, 0.05) is 17.3 Å². The molecule has 2 aromatic carbocycles. The van der Waals surface area contributed by atoms with E-state index in [0.717, 1.165) is 0 Å². The number of esters is 2. The van der Waals surface area contributed by atoms with Gasteiger partial charge in [-0.25, -0.2) is 9.59 Å². The van der Waals surface area contributed by atoms with Crippen molar-refractivity contribution < 1.29 is 33.3 Å². The fraction of sp³-hybridized carbons (Fsp3) is 0.190. The second-order valence-corrected chi connectivity index (χ2v) is 5.67. The Morgan fingerprint density at radius 1 is 0.966 bits per heavy atom. The molecular formula is C21H21NO7. The van der Waals surface area contributed by atoms with E-state index in [1.165, 1.54) is 45.6 Å². The molecule has 29 heavy (non-hydrogen) atoms. The molecule has 0 heterocycles. The second kappa shape index (κ2) is 10.5. The average molecular weight is 399 g/mol. The van der Waals surface area contributed by atoms with Gasteiger partial charge in [0.15, 0.2) is 6.61 Å². The van der Waals surface area contributed by atoms with Crippen LogP contribution in [0.4, 0.5) is 5.69 Å². The predicted octanol–water partition coefficient (Wildman–Crippen LogP) is 2.69. The summed E-state index contributed by atoms with van der Waals surface area (Å²) in [6.07, 6.45) is 2.70. The van der Waals surface area contributed by atoms with E-state index in [0.29, 0.717) is 28.3 Å². The maximum Gasteiger partial charge on any atom is 0.337 e. The fourth-order valence-electron chi connectivity index (χ4n) is 2.32. The molecule has 0 fully saturated rings. The van der Waals surface area contributed by atoms with E-state index in [2.05, 4.69) is 10.1 Å². The Hall–Kier alpha value is -3.81. The molecule has 2 rings (SSSR count). The zero-order valence-electron chi connectivity index (χ0n) is 16.3. The first kappa shape index (κ1) is 21.5. The van der Waals surface area contributed by atoms with Crippen LogP contribution in [0, 0.1) is 0 Å². The van der Waals surface area contributed by atoms with E-state index in [4.69, 9.17) is 14.2 Å². The van der Waals surface area contributed by atoms with E-state index >= 15 is 0 Å². The number of hydrogen-bond donors (Lipinski definition) is 1. The van der Waals surface area contributed by atoms with Gasteiger partial charge in [0.2, 0.25) is 0 Å². The summed E-state index contributed by atoms with van der Waals surface area (Å²) < 4.78 is 19.9. The minimum atomic E-state index is -0.689. The van der Waals surface area contributed by atoms with Gasteiger partial charge in [0.05, 0.1) is 26.9 Å². The van der Waals surface area contributed by atoms with Gasteiger partial charge in [-0.1, -0.05) is 0 Å². The first-order chi connectivity index (χ1) is 14.0. The lowest BCUT2D eigenvalue weighted by Gasteiger charge is -2.07. The number of carbonyl (C=O) groups excluding carboxylic acids is 3. The molecule has 0 aliphatic rings. The van der Waals surface area contributed by atoms with Gasteiger partial charge in [-0.3, -0.25) is 4.79 Å². The minimum Gasteiger partial charge on any atom is -0.497 e. The van der Waals surface area contributed by atoms with Crippen LogP contribution >= 0.6 is 0 Å². The fourth-order valence-corrected chi connectivity index (χ4v) is 2.32. The average Bonchev–Trinajstić information content (AvgIpc) is 2.75. The smallest absolute Gasteiger partial charge is 0.337 e. The summed E-state index contributed by atoms with van der Waals surface area (Å²) in [6, 6.07) is 11.3. The molecule has 0 atom stereocenters. The van der Waals surface area contributed by atoms with E-state index in [1.807, 2.05) is 0 Å². The molecule has 2 aromatic rings. The maximum absolute atomic E-state index is 11.9. The summed E-state index contributed by atoms with van der Waals surface area (Å²) in [5.41, 5.74) is 1.43. The number of nitrogens with one attached hydrogen (secondary N) is 1. The van der Waals surface area contributed by atoms with E-state index in [1.54, 1.807) is 30.3 Å². The quantitative estimate of drug-likeness (QED) is 0.538. The lowest BCUT2D eigenvalue weighted by Crippen LogP contribution is -2.20. The van der Waals surface area contributed by atoms with Crippen LogP contribution in [-0.4, -0.2) is 45.8 Å². The molecule has 0 saturated heterocycles. The highest BCUT2D eigenvalue weighted by molar-refractivity contribution is 5.95. The van der Waals surface area contributed by atoms with Gasteiger partial charge in [0.1, 0.15) is 11.5 Å². The summed E-state index contributed by atoms with van der Waals surface area (Å²) in [5, 5.41) is 2.56. The number of hydrogen-bond acceptors (Lipinski definition) is 7. The monoisotopic (exact) mass is 399 g/mol. The Morgan fingerprint density at radius 3 is 2.31 bits per heavy atom. The number of methoxy groups -OCH3 is 3. The van der Waals surface area contributed by atoms with Crippen molar-refractivity contribution in [1.82, 2.24) is 0 Å². The normalized spacial score (nSPS) is 10.3. The summed E-state index contributed by atoms with van der Waals surface area (Å²) in [6.45, 7) is -0.461. The Morgan fingerprint density at radius 2 is 1.69 bits per heavy atom. The molecule has 1 N–H and O–H groups in total. The lowest BCUT2D eigenvalue weighted by molar-refractivity contribution is -0.142. The number of rotatable bonds is 8. The van der Waals surface area contributed by atoms with Crippen molar-refractivity contribution in [2.45, 2.75) is 0 Å². The lowest BCUT2D eigenvalue weighted by atomic mass is 10.1. The molecule has 0 saturated carbocycles. The SMILES string of the molecule is COC(=O)c1ccc(NC(=O)COC(=O)C=Cc2cc(OC)ccc2OC)cc1. The zero-order chi connectivity index (χ0) is 21.2. The Labute approximate surface area is 168 Å². The van der Waals surface area contributed by atoms with Crippen LogP contribution in [0.3, 0.4) is 0 Å². The molecule has 0 aliphatic heterocycles. The molecule has 0 spiro atoms. The Bertz CT molecular complexity index is 904. The van der Waals surface area contributed by atoms with E-state index < -0.39 is 24.5 Å². The van der Waals surface area contributed by atoms with Gasteiger partial charge in [0.25, 0.3) is 5.91 Å². The van der Waals surface area contributed by atoms with Crippen LogP contribution in [0.1, 0.15) is 15.9 Å². The van der Waals surface area contributed by atoms with Crippen LogP contribution in [0.5, 0.6) is 11.5 Å². The van der Waals surface area contributed by atoms with Crippen molar-refractivity contribution >= 4 is 29.6 Å². The predicted molar refractivity (Wildman–Crippen MR) is 106 cm³/mol. The number of anilines is 1. The molecule has 0 aromatic heterocycles. The number of ether oxygens (including phenoxy) is 4. The molecule has 152 valence electrons. The van der Waals surface area contributed by atoms with E-state index in [9.17, 15) is 14.4 Å². The third-order valence-electron chi connectivity index (χ3n) is 3.77. The third-order valence-corrected chi connectivity index (χ3v) is 3.77. The van der Waals surface area contributed by atoms with Gasteiger partial charge >= 0.3 is 11.9 Å². The van der Waals surface area contributed by atoms with Gasteiger partial charge in [-0.05, 0) is 48.5 Å². The molecule has 8 nitrogen and oxygen atoms in total. The van der Waals surface area contributed by atoms with Crippen molar-refractivity contribution in [1.29, 1.82) is 0 Å². The highest BCUT2D eigenvalue weighted by Gasteiger charge is 2.09. The minimum absolute atomic E-state index is 0.357. The van der Waals surface area contributed by atoms with Crippen LogP contribution in [0.25, 0.3) is 6.08 Å². The van der Waals surface area contributed by atoms with Gasteiger partial charge in [-0.2, -0.15) is 0 Å². The summed E-state index contributed by atoms with van der Waals surface area (Å²) in [5.74, 6) is -0.516. The van der Waals surface area contributed by atoms with Crippen LogP contribution in [0.15, 0.2) is 48.5 Å². The first-order valence-corrected chi connectivity index (χ1v) is 8.52. The van der Waals surface area contributed by atoms with Crippen molar-refractivity contribution in [3.63, 3.8) is 0 Å². The third kappa shape index (κ3) is 6.39. The molecule has 0 unspecified atom stereocenters. The van der Waals surface area contributed by atoms with Crippen LogP contribution in [0.2, 0.25) is 0 Å². The number of amides is 1. The largest absolute Gasteiger partial charge is 0.497 e. The van der Waals surface area contributed by atoms with Gasteiger partial charge in [-0.15, -0.1) is 0 Å². The summed E-state index contributed by atoms with van der Waals surface area (Å²) in [4.78, 5) is 35.2. The molecular weight excluding hydrogens is 378 g/mol. The van der Waals surface area contributed by atoms with Gasteiger partial charge < -0.3 is 24.3 Å². The van der Waals surface area contributed by atoms with Crippen molar-refractivity contribution in [2.24, 2.45) is 0 Å². The van der Waals surface area contributed by atoms with Crippen LogP contribution in [-0.2, 0) is 19.1 Å². The van der Waals surface area contributed by atoms with Crippen molar-refractivity contribution in [2.75, 3.05) is 33.3 Å². The summed E-state index contributed by atoms with van der Waals surface area (Å²) >= 11 is 0. The van der Waals surface area contributed by atoms with E-state index in [-0.39, 0.29) is 0 Å². The molecule has 0 radical (unpaired) electrons. The van der Waals surface area contributed by atoms with Crippen molar-refractivity contribution in [3.05, 3.63) is 59.7 Å². The van der Waals surface area contributed by atoms with Crippen molar-refractivity contribution in [3.8, 4) is 11.5 Å². The highest BCUT2D eigenvalue weighted by atomic mass is 16.5. The number of benzene rings is 2.